The number of carbonyl (C=O) groups excluding carboxylic acids is 1. The molecule has 2 heterocycles. The zero-order valence-corrected chi connectivity index (χ0v) is 11.5. The number of aliphatic carboxylic acids is 1. The average molecular weight is 274 g/mol. The summed E-state index contributed by atoms with van der Waals surface area (Å²) < 4.78 is 0. The fraction of sp³-hybridized carbons (Fsp3) is 0.467. The molecule has 20 heavy (non-hydrogen) atoms. The molecule has 5 heteroatoms. The zero-order valence-electron chi connectivity index (χ0n) is 11.5. The maximum atomic E-state index is 12.7. The zero-order chi connectivity index (χ0) is 14.3. The van der Waals surface area contributed by atoms with Gasteiger partial charge in [-0.1, -0.05) is 18.2 Å². The van der Waals surface area contributed by atoms with Crippen LogP contribution < -0.4 is 4.90 Å². The van der Waals surface area contributed by atoms with Gasteiger partial charge in [0, 0.05) is 18.3 Å². The fourth-order valence-electron chi connectivity index (χ4n) is 3.25. The molecule has 0 saturated carbocycles. The third kappa shape index (κ3) is 1.94. The molecule has 106 valence electrons. The Kier molecular flexibility index (Phi) is 3.12. The number of carboxylic acid groups (broad SMARTS) is 1. The van der Waals surface area contributed by atoms with E-state index < -0.39 is 12.0 Å². The van der Waals surface area contributed by atoms with E-state index in [1.807, 2.05) is 31.2 Å². The van der Waals surface area contributed by atoms with Crippen LogP contribution in [0.25, 0.3) is 0 Å². The van der Waals surface area contributed by atoms with E-state index >= 15 is 0 Å². The van der Waals surface area contributed by atoms with Crippen LogP contribution in [0.2, 0.25) is 0 Å². The lowest BCUT2D eigenvalue weighted by Crippen LogP contribution is -2.50. The van der Waals surface area contributed by atoms with Crippen molar-refractivity contribution in [2.75, 3.05) is 11.4 Å². The molecule has 2 atom stereocenters. The van der Waals surface area contributed by atoms with Crippen molar-refractivity contribution >= 4 is 17.7 Å². The second kappa shape index (κ2) is 4.81. The van der Waals surface area contributed by atoms with E-state index in [0.717, 1.165) is 24.1 Å². The molecule has 1 aromatic rings. The van der Waals surface area contributed by atoms with Crippen molar-refractivity contribution in [1.82, 2.24) is 4.90 Å². The third-order valence-electron chi connectivity index (χ3n) is 4.20. The molecule has 0 aromatic heterocycles. The average Bonchev–Trinajstić information content (AvgIpc) is 3.01. The number of likely N-dealkylation sites (tertiary alicyclic amines) is 1. The van der Waals surface area contributed by atoms with E-state index in [4.69, 9.17) is 0 Å². The van der Waals surface area contributed by atoms with Gasteiger partial charge in [0.05, 0.1) is 0 Å². The summed E-state index contributed by atoms with van der Waals surface area (Å²) in [4.78, 5) is 27.2. The van der Waals surface area contributed by atoms with Gasteiger partial charge in [-0.25, -0.2) is 9.59 Å². The lowest BCUT2D eigenvalue weighted by atomic mass is 10.1. The maximum absolute atomic E-state index is 12.7. The summed E-state index contributed by atoms with van der Waals surface area (Å²) in [5.41, 5.74) is 2.07. The van der Waals surface area contributed by atoms with E-state index in [9.17, 15) is 14.7 Å². The number of urea groups is 1. The molecule has 2 unspecified atom stereocenters. The molecule has 0 bridgehead atoms. The van der Waals surface area contributed by atoms with Crippen molar-refractivity contribution in [3.8, 4) is 0 Å². The molecule has 0 spiro atoms. The normalized spacial score (nSPS) is 24.9. The molecular formula is C15H18N2O3. The Balaban J connectivity index is 1.89. The van der Waals surface area contributed by atoms with Gasteiger partial charge in [0.2, 0.25) is 0 Å². The van der Waals surface area contributed by atoms with Crippen LogP contribution >= 0.6 is 0 Å². The molecule has 1 aromatic carbocycles. The minimum absolute atomic E-state index is 0.0787. The standard InChI is InChI=1S/C15H18N2O3/c1-10-9-11-5-2-3-6-12(11)17(10)15(20)16-8-4-7-13(16)14(18)19/h2-3,5-6,10,13H,4,7-9H2,1H3,(H,18,19). The summed E-state index contributed by atoms with van der Waals surface area (Å²) in [5, 5.41) is 9.22. The first-order valence-corrected chi connectivity index (χ1v) is 7.00. The minimum atomic E-state index is -0.906. The highest BCUT2D eigenvalue weighted by Gasteiger charge is 2.40. The van der Waals surface area contributed by atoms with E-state index in [1.165, 1.54) is 4.90 Å². The van der Waals surface area contributed by atoms with Gasteiger partial charge in [0.25, 0.3) is 0 Å². The first-order chi connectivity index (χ1) is 9.59. The smallest absolute Gasteiger partial charge is 0.326 e. The Morgan fingerprint density at radius 3 is 2.80 bits per heavy atom. The molecule has 1 N–H and O–H groups in total. The van der Waals surface area contributed by atoms with Crippen molar-refractivity contribution < 1.29 is 14.7 Å². The molecule has 1 saturated heterocycles. The van der Waals surface area contributed by atoms with Crippen molar-refractivity contribution in [3.05, 3.63) is 29.8 Å². The van der Waals surface area contributed by atoms with Crippen LogP contribution in [0.15, 0.2) is 24.3 Å². The minimum Gasteiger partial charge on any atom is -0.480 e. The van der Waals surface area contributed by atoms with Crippen LogP contribution in [-0.4, -0.2) is 40.6 Å². The summed E-state index contributed by atoms with van der Waals surface area (Å²) in [6, 6.07) is 7.07. The Morgan fingerprint density at radius 2 is 2.05 bits per heavy atom. The van der Waals surface area contributed by atoms with Crippen LogP contribution in [0.1, 0.15) is 25.3 Å². The van der Waals surface area contributed by atoms with Crippen molar-refractivity contribution in [2.24, 2.45) is 0 Å². The Hall–Kier alpha value is -2.04. The number of benzene rings is 1. The molecular weight excluding hydrogens is 256 g/mol. The highest BCUT2D eigenvalue weighted by Crippen LogP contribution is 2.34. The van der Waals surface area contributed by atoms with Crippen LogP contribution in [0.5, 0.6) is 0 Å². The molecule has 2 amide bonds. The second-order valence-electron chi connectivity index (χ2n) is 5.52. The highest BCUT2D eigenvalue weighted by atomic mass is 16.4. The third-order valence-corrected chi connectivity index (χ3v) is 4.20. The summed E-state index contributed by atoms with van der Waals surface area (Å²) in [6.45, 7) is 2.53. The van der Waals surface area contributed by atoms with E-state index in [0.29, 0.717) is 13.0 Å². The van der Waals surface area contributed by atoms with Crippen LogP contribution in [0.4, 0.5) is 10.5 Å². The Labute approximate surface area is 117 Å². The maximum Gasteiger partial charge on any atom is 0.326 e. The summed E-state index contributed by atoms with van der Waals surface area (Å²) in [7, 11) is 0. The van der Waals surface area contributed by atoms with Gasteiger partial charge >= 0.3 is 12.0 Å². The number of rotatable bonds is 1. The first-order valence-electron chi connectivity index (χ1n) is 7.00. The van der Waals surface area contributed by atoms with Crippen LogP contribution in [0, 0.1) is 0 Å². The number of amides is 2. The number of nitrogens with zero attached hydrogens (tertiary/aromatic N) is 2. The highest BCUT2D eigenvalue weighted by molar-refractivity contribution is 5.97. The van der Waals surface area contributed by atoms with Crippen molar-refractivity contribution in [1.29, 1.82) is 0 Å². The van der Waals surface area contributed by atoms with Crippen molar-refractivity contribution in [2.45, 2.75) is 38.3 Å². The number of hydrogen-bond donors (Lipinski definition) is 1. The largest absolute Gasteiger partial charge is 0.480 e. The molecule has 2 aliphatic heterocycles. The van der Waals surface area contributed by atoms with Gasteiger partial charge in [-0.05, 0) is 37.8 Å². The number of para-hydroxylation sites is 1. The van der Waals surface area contributed by atoms with E-state index in [2.05, 4.69) is 0 Å². The molecule has 2 aliphatic rings. The monoisotopic (exact) mass is 274 g/mol. The second-order valence-corrected chi connectivity index (χ2v) is 5.52. The number of anilines is 1. The van der Waals surface area contributed by atoms with Gasteiger partial charge in [-0.15, -0.1) is 0 Å². The summed E-state index contributed by atoms with van der Waals surface area (Å²) >= 11 is 0. The number of carbonyl (C=O) groups is 2. The molecule has 0 aliphatic carbocycles. The molecule has 1 fully saturated rings. The Morgan fingerprint density at radius 1 is 1.30 bits per heavy atom. The number of hydrogen-bond acceptors (Lipinski definition) is 2. The molecule has 0 radical (unpaired) electrons. The van der Waals surface area contributed by atoms with E-state index in [1.54, 1.807) is 4.90 Å². The topological polar surface area (TPSA) is 60.9 Å². The van der Waals surface area contributed by atoms with Crippen LogP contribution in [-0.2, 0) is 11.2 Å². The first kappa shape index (κ1) is 13.0. The SMILES string of the molecule is CC1Cc2ccccc2N1C(=O)N1CCCC1C(=O)O. The number of carboxylic acids is 1. The quantitative estimate of drug-likeness (QED) is 0.853. The fourth-order valence-corrected chi connectivity index (χ4v) is 3.25. The van der Waals surface area contributed by atoms with E-state index in [-0.39, 0.29) is 12.1 Å². The van der Waals surface area contributed by atoms with Gasteiger partial charge < -0.3 is 10.0 Å². The van der Waals surface area contributed by atoms with Gasteiger partial charge in [0.1, 0.15) is 6.04 Å². The predicted octanol–water partition coefficient (Wildman–Crippen LogP) is 2.11. The summed E-state index contributed by atoms with van der Waals surface area (Å²) in [5.74, 6) is -0.906. The lowest BCUT2D eigenvalue weighted by molar-refractivity contribution is -0.141. The molecule has 5 nitrogen and oxygen atoms in total. The van der Waals surface area contributed by atoms with Crippen LogP contribution in [0.3, 0.4) is 0 Å². The summed E-state index contributed by atoms with van der Waals surface area (Å²) in [6.07, 6.45) is 2.13. The molecule has 3 rings (SSSR count). The number of fused-ring (bicyclic) bond motifs is 1. The Bertz CT molecular complexity index is 558. The predicted molar refractivity (Wildman–Crippen MR) is 74.8 cm³/mol. The van der Waals surface area contributed by atoms with Gasteiger partial charge in [0.15, 0.2) is 0 Å². The van der Waals surface area contributed by atoms with Gasteiger partial charge in [-0.2, -0.15) is 0 Å². The van der Waals surface area contributed by atoms with Crippen molar-refractivity contribution in [3.63, 3.8) is 0 Å². The van der Waals surface area contributed by atoms with Gasteiger partial charge in [-0.3, -0.25) is 4.90 Å². The lowest BCUT2D eigenvalue weighted by Gasteiger charge is -2.30.